The lowest BCUT2D eigenvalue weighted by Crippen LogP contribution is -2.17. The highest BCUT2D eigenvalue weighted by Crippen LogP contribution is 2.26. The number of nitrogens with one attached hydrogen (secondary N) is 1. The maximum Gasteiger partial charge on any atom is 0.264 e. The predicted octanol–water partition coefficient (Wildman–Crippen LogP) is 2.88. The Morgan fingerprint density at radius 1 is 1.19 bits per heavy atom. The molecule has 0 fully saturated rings. The highest BCUT2D eigenvalue weighted by atomic mass is 35.5. The van der Waals surface area contributed by atoms with Gasteiger partial charge in [0.1, 0.15) is 16.5 Å². The quantitative estimate of drug-likeness (QED) is 0.904. The molecule has 0 amide bonds. The van der Waals surface area contributed by atoms with Crippen molar-refractivity contribution in [3.8, 4) is 0 Å². The number of sulfonamides is 1. The SMILES string of the molecule is NCc1cc(Cl)cc(S(=O)(=O)Nc2ccccc2F)c1F. The lowest BCUT2D eigenvalue weighted by Gasteiger charge is -2.12. The average Bonchev–Trinajstić information content (AvgIpc) is 2.43. The number of hydrogen-bond donors (Lipinski definition) is 2. The second kappa shape index (κ2) is 5.97. The lowest BCUT2D eigenvalue weighted by atomic mass is 10.2. The number of para-hydroxylation sites is 1. The van der Waals surface area contributed by atoms with Gasteiger partial charge in [-0.05, 0) is 24.3 Å². The van der Waals surface area contributed by atoms with Crippen molar-refractivity contribution in [2.24, 2.45) is 5.73 Å². The number of benzene rings is 2. The highest BCUT2D eigenvalue weighted by molar-refractivity contribution is 7.92. The normalized spacial score (nSPS) is 11.4. The first-order valence-electron chi connectivity index (χ1n) is 5.80. The molecule has 8 heteroatoms. The molecule has 0 unspecified atom stereocenters. The van der Waals surface area contributed by atoms with Crippen molar-refractivity contribution >= 4 is 27.3 Å². The van der Waals surface area contributed by atoms with Crippen LogP contribution in [0.5, 0.6) is 0 Å². The van der Waals surface area contributed by atoms with Crippen LogP contribution in [0.25, 0.3) is 0 Å². The summed E-state index contributed by atoms with van der Waals surface area (Å²) in [6.07, 6.45) is 0. The molecule has 0 aliphatic rings. The molecule has 21 heavy (non-hydrogen) atoms. The Hall–Kier alpha value is -1.70. The fourth-order valence-corrected chi connectivity index (χ4v) is 3.23. The standard InChI is InChI=1S/C13H11ClF2N2O2S/c14-9-5-8(7-17)13(16)12(6-9)21(19,20)18-11-4-2-1-3-10(11)15/h1-6,18H,7,17H2. The minimum Gasteiger partial charge on any atom is -0.326 e. The van der Waals surface area contributed by atoms with E-state index in [2.05, 4.69) is 0 Å². The Morgan fingerprint density at radius 2 is 1.86 bits per heavy atom. The van der Waals surface area contributed by atoms with E-state index in [1.807, 2.05) is 4.72 Å². The fourth-order valence-electron chi connectivity index (χ4n) is 1.71. The van der Waals surface area contributed by atoms with Gasteiger partial charge >= 0.3 is 0 Å². The molecule has 2 aromatic carbocycles. The van der Waals surface area contributed by atoms with Crippen LogP contribution in [0, 0.1) is 11.6 Å². The summed E-state index contributed by atoms with van der Waals surface area (Å²) in [6, 6.07) is 7.33. The lowest BCUT2D eigenvalue weighted by molar-refractivity contribution is 0.560. The first-order chi connectivity index (χ1) is 9.85. The van der Waals surface area contributed by atoms with E-state index in [1.54, 1.807) is 0 Å². The van der Waals surface area contributed by atoms with Crippen LogP contribution in [-0.4, -0.2) is 8.42 Å². The summed E-state index contributed by atoms with van der Waals surface area (Å²) in [5.41, 5.74) is 5.00. The first kappa shape index (κ1) is 15.7. The van der Waals surface area contributed by atoms with Gasteiger partial charge in [0.05, 0.1) is 5.69 Å². The van der Waals surface area contributed by atoms with E-state index < -0.39 is 26.6 Å². The van der Waals surface area contributed by atoms with Crippen LogP contribution >= 0.6 is 11.6 Å². The second-order valence-electron chi connectivity index (χ2n) is 4.17. The molecule has 0 atom stereocenters. The molecule has 2 rings (SSSR count). The van der Waals surface area contributed by atoms with Crippen molar-refractivity contribution in [1.82, 2.24) is 0 Å². The summed E-state index contributed by atoms with van der Waals surface area (Å²) in [6.45, 7) is -0.214. The van der Waals surface area contributed by atoms with E-state index in [-0.39, 0.29) is 22.8 Å². The van der Waals surface area contributed by atoms with E-state index in [0.29, 0.717) is 0 Å². The number of anilines is 1. The molecule has 0 spiro atoms. The summed E-state index contributed by atoms with van der Waals surface area (Å²) in [7, 11) is -4.33. The summed E-state index contributed by atoms with van der Waals surface area (Å²) >= 11 is 5.75. The molecule has 0 bridgehead atoms. The monoisotopic (exact) mass is 332 g/mol. The molecule has 0 aliphatic carbocycles. The zero-order valence-electron chi connectivity index (χ0n) is 10.6. The van der Waals surface area contributed by atoms with Crippen molar-refractivity contribution < 1.29 is 17.2 Å². The number of hydrogen-bond acceptors (Lipinski definition) is 3. The van der Waals surface area contributed by atoms with Crippen LogP contribution in [0.1, 0.15) is 5.56 Å². The van der Waals surface area contributed by atoms with Crippen molar-refractivity contribution in [2.75, 3.05) is 4.72 Å². The summed E-state index contributed by atoms with van der Waals surface area (Å²) in [4.78, 5) is -0.682. The molecule has 0 saturated carbocycles. The molecule has 3 N–H and O–H groups in total. The van der Waals surface area contributed by atoms with Gasteiger partial charge in [-0.3, -0.25) is 4.72 Å². The minimum absolute atomic E-state index is 0.0192. The smallest absolute Gasteiger partial charge is 0.264 e. The van der Waals surface area contributed by atoms with Crippen LogP contribution in [0.15, 0.2) is 41.3 Å². The predicted molar refractivity (Wildman–Crippen MR) is 76.5 cm³/mol. The van der Waals surface area contributed by atoms with Gasteiger partial charge in [-0.15, -0.1) is 0 Å². The number of halogens is 3. The minimum atomic E-state index is -4.33. The largest absolute Gasteiger partial charge is 0.326 e. The van der Waals surface area contributed by atoms with Gasteiger partial charge < -0.3 is 5.73 Å². The third-order valence-corrected chi connectivity index (χ3v) is 4.29. The summed E-state index contributed by atoms with van der Waals surface area (Å²) in [5.74, 6) is -1.78. The van der Waals surface area contributed by atoms with E-state index >= 15 is 0 Å². The molecule has 0 heterocycles. The average molecular weight is 333 g/mol. The van der Waals surface area contributed by atoms with Gasteiger partial charge in [-0.25, -0.2) is 17.2 Å². The Bertz CT molecular complexity index is 782. The first-order valence-corrected chi connectivity index (χ1v) is 7.66. The van der Waals surface area contributed by atoms with Gasteiger partial charge in [0, 0.05) is 17.1 Å². The fraction of sp³-hybridized carbons (Fsp3) is 0.0769. The Balaban J connectivity index is 2.50. The molecular formula is C13H11ClF2N2O2S. The Kier molecular flexibility index (Phi) is 4.46. The Morgan fingerprint density at radius 3 is 2.48 bits per heavy atom. The van der Waals surface area contributed by atoms with Crippen LogP contribution in [-0.2, 0) is 16.6 Å². The summed E-state index contributed by atoms with van der Waals surface area (Å²) in [5, 5.41) is 0.0192. The third kappa shape index (κ3) is 3.31. The van der Waals surface area contributed by atoms with Crippen molar-refractivity contribution in [2.45, 2.75) is 11.4 Å². The van der Waals surface area contributed by atoms with Gasteiger partial charge in [0.2, 0.25) is 0 Å². The van der Waals surface area contributed by atoms with Crippen LogP contribution in [0.2, 0.25) is 5.02 Å². The number of rotatable bonds is 4. The van der Waals surface area contributed by atoms with E-state index in [1.165, 1.54) is 24.3 Å². The second-order valence-corrected chi connectivity index (χ2v) is 6.25. The van der Waals surface area contributed by atoms with Crippen LogP contribution in [0.3, 0.4) is 0 Å². The van der Waals surface area contributed by atoms with E-state index in [9.17, 15) is 17.2 Å². The van der Waals surface area contributed by atoms with E-state index in [4.69, 9.17) is 17.3 Å². The van der Waals surface area contributed by atoms with Crippen molar-refractivity contribution in [1.29, 1.82) is 0 Å². The molecule has 2 aromatic rings. The van der Waals surface area contributed by atoms with Crippen LogP contribution in [0.4, 0.5) is 14.5 Å². The summed E-state index contributed by atoms with van der Waals surface area (Å²) < 4.78 is 53.9. The molecule has 4 nitrogen and oxygen atoms in total. The highest BCUT2D eigenvalue weighted by Gasteiger charge is 2.23. The van der Waals surface area contributed by atoms with Gasteiger partial charge in [-0.1, -0.05) is 23.7 Å². The molecule has 0 radical (unpaired) electrons. The van der Waals surface area contributed by atoms with Crippen molar-refractivity contribution in [3.05, 3.63) is 58.6 Å². The maximum atomic E-state index is 14.1. The zero-order valence-corrected chi connectivity index (χ0v) is 12.2. The van der Waals surface area contributed by atoms with Crippen molar-refractivity contribution in [3.63, 3.8) is 0 Å². The molecule has 112 valence electrons. The Labute approximate surface area is 125 Å². The number of nitrogens with two attached hydrogens (primary N) is 1. The molecule has 0 saturated heterocycles. The molecule has 0 aliphatic heterocycles. The molecule has 0 aromatic heterocycles. The van der Waals surface area contributed by atoms with E-state index in [0.717, 1.165) is 12.1 Å². The zero-order chi connectivity index (χ0) is 15.6. The maximum absolute atomic E-state index is 14.1. The van der Waals surface area contributed by atoms with Gasteiger partial charge in [0.15, 0.2) is 0 Å². The topological polar surface area (TPSA) is 72.2 Å². The van der Waals surface area contributed by atoms with Gasteiger partial charge in [0.25, 0.3) is 10.0 Å². The third-order valence-electron chi connectivity index (χ3n) is 2.71. The van der Waals surface area contributed by atoms with Gasteiger partial charge in [-0.2, -0.15) is 0 Å². The molecular weight excluding hydrogens is 322 g/mol. The van der Waals surface area contributed by atoms with Crippen LogP contribution < -0.4 is 10.5 Å².